The third-order valence-corrected chi connectivity index (χ3v) is 12.8. The van der Waals surface area contributed by atoms with Gasteiger partial charge in [0.2, 0.25) is 5.13 Å². The molecule has 0 N–H and O–H groups in total. The molecule has 51 heavy (non-hydrogen) atoms. The van der Waals surface area contributed by atoms with Gasteiger partial charge in [0.1, 0.15) is 26.9 Å². The molecular formula is C34H25N5O6S6. The van der Waals surface area contributed by atoms with E-state index >= 15 is 0 Å². The molecule has 2 fully saturated rings. The van der Waals surface area contributed by atoms with Crippen molar-refractivity contribution >= 4 is 119 Å². The highest BCUT2D eigenvalue weighted by molar-refractivity contribution is 8.35. The fraction of sp³-hybridized carbons (Fsp3) is 0.206. The maximum Gasteiger partial charge on any atom is 0.336 e. The summed E-state index contributed by atoms with van der Waals surface area (Å²) in [4.78, 5) is 73.5. The number of hydrogen-bond donors (Lipinski definition) is 0. The number of aliphatic imine (C=N–C) groups is 1. The lowest BCUT2D eigenvalue weighted by Crippen LogP contribution is -2.46. The highest BCUT2D eigenvalue weighted by Gasteiger charge is 2.63. The van der Waals surface area contributed by atoms with Crippen molar-refractivity contribution in [1.82, 2.24) is 19.8 Å². The topological polar surface area (TPSA) is 131 Å². The van der Waals surface area contributed by atoms with E-state index in [-0.39, 0.29) is 46.6 Å². The first-order valence-corrected chi connectivity index (χ1v) is 19.6. The largest absolute Gasteiger partial charge is 0.459 e. The third-order valence-electron chi connectivity index (χ3n) is 8.00. The molecule has 2 saturated heterocycles. The third kappa shape index (κ3) is 6.35. The van der Waals surface area contributed by atoms with Crippen LogP contribution in [0, 0.1) is 0 Å². The van der Waals surface area contributed by atoms with E-state index < -0.39 is 17.4 Å². The quantitative estimate of drug-likeness (QED) is 0.0754. The number of thiazole rings is 2. The number of carbonyl (C=O) groups excluding carboxylic acids is 4. The van der Waals surface area contributed by atoms with Crippen molar-refractivity contribution in [2.24, 2.45) is 4.99 Å². The summed E-state index contributed by atoms with van der Waals surface area (Å²) < 4.78 is 12.6. The van der Waals surface area contributed by atoms with Gasteiger partial charge >= 0.3 is 11.9 Å². The van der Waals surface area contributed by atoms with Gasteiger partial charge in [-0.25, -0.2) is 24.5 Å². The predicted octanol–water partition coefficient (Wildman–Crippen LogP) is 6.48. The fourth-order valence-corrected chi connectivity index (χ4v) is 10.5. The van der Waals surface area contributed by atoms with Crippen LogP contribution in [0.3, 0.4) is 0 Å². The van der Waals surface area contributed by atoms with Gasteiger partial charge in [-0.2, -0.15) is 0 Å². The number of benzene rings is 2. The highest BCUT2D eigenvalue weighted by atomic mass is 32.2. The molecule has 258 valence electrons. The minimum Gasteiger partial charge on any atom is -0.459 e. The fourth-order valence-electron chi connectivity index (χ4n) is 5.51. The molecule has 0 spiro atoms. The first-order valence-electron chi connectivity index (χ1n) is 15.5. The summed E-state index contributed by atoms with van der Waals surface area (Å²) in [6.45, 7) is 4.17. The second-order valence-corrected chi connectivity index (χ2v) is 16.3. The number of rotatable bonds is 10. The van der Waals surface area contributed by atoms with Crippen molar-refractivity contribution in [2.45, 2.75) is 32.5 Å². The van der Waals surface area contributed by atoms with Crippen molar-refractivity contribution in [1.29, 1.82) is 0 Å². The summed E-state index contributed by atoms with van der Waals surface area (Å²) in [5.41, 5.74) is -0.712. The molecule has 2 aliphatic heterocycles. The molecule has 2 aromatic carbocycles. The van der Waals surface area contributed by atoms with Gasteiger partial charge in [0.05, 0.1) is 26.0 Å². The molecule has 17 heteroatoms. The average molecular weight is 792 g/mol. The number of amides is 2. The molecule has 7 rings (SSSR count). The van der Waals surface area contributed by atoms with Crippen molar-refractivity contribution < 1.29 is 28.7 Å². The molecule has 0 unspecified atom stereocenters. The Hall–Kier alpha value is -4.13. The van der Waals surface area contributed by atoms with Gasteiger partial charge in [0.25, 0.3) is 17.2 Å². The van der Waals surface area contributed by atoms with E-state index in [1.165, 1.54) is 21.1 Å². The van der Waals surface area contributed by atoms with Gasteiger partial charge in [0, 0.05) is 13.1 Å². The number of carbonyl (C=O) groups is 4. The summed E-state index contributed by atoms with van der Waals surface area (Å²) in [6.07, 6.45) is 1.60. The first-order chi connectivity index (χ1) is 24.6. The van der Waals surface area contributed by atoms with Gasteiger partial charge < -0.3 is 9.47 Å². The van der Waals surface area contributed by atoms with Crippen molar-refractivity contribution in [3.8, 4) is 9.75 Å². The summed E-state index contributed by atoms with van der Waals surface area (Å²) in [5, 5.41) is 0.628. The Balaban J connectivity index is 1.37. The molecule has 0 radical (unpaired) electrons. The lowest BCUT2D eigenvalue weighted by atomic mass is 9.84. The van der Waals surface area contributed by atoms with Crippen LogP contribution in [0.1, 0.15) is 41.4 Å². The smallest absolute Gasteiger partial charge is 0.336 e. The number of nitrogens with zero attached hydrogens (tertiary/aromatic N) is 5. The molecule has 4 heterocycles. The maximum atomic E-state index is 14.6. The number of thiocarbonyl (C=S) groups is 2. The number of esters is 2. The molecule has 1 aliphatic carbocycles. The van der Waals surface area contributed by atoms with Crippen LogP contribution >= 0.6 is 70.6 Å². The lowest BCUT2D eigenvalue weighted by molar-refractivity contribution is -0.164. The van der Waals surface area contributed by atoms with Gasteiger partial charge in [-0.15, -0.1) is 11.3 Å². The lowest BCUT2D eigenvalue weighted by Gasteiger charge is -2.24. The van der Waals surface area contributed by atoms with Gasteiger partial charge in [0.15, 0.2) is 5.04 Å². The first kappa shape index (κ1) is 35.3. The van der Waals surface area contributed by atoms with Crippen LogP contribution in [0.25, 0.3) is 15.8 Å². The van der Waals surface area contributed by atoms with E-state index in [0.717, 1.165) is 34.9 Å². The molecule has 3 aliphatic rings. The molecule has 0 bridgehead atoms. The molecule has 0 atom stereocenters. The maximum absolute atomic E-state index is 14.6. The van der Waals surface area contributed by atoms with E-state index in [9.17, 15) is 19.2 Å². The number of aromatic nitrogens is 2. The van der Waals surface area contributed by atoms with E-state index in [1.54, 1.807) is 30.3 Å². The molecule has 0 saturated carbocycles. The van der Waals surface area contributed by atoms with E-state index in [0.29, 0.717) is 52.5 Å². The zero-order chi connectivity index (χ0) is 35.9. The Morgan fingerprint density at radius 1 is 0.784 bits per heavy atom. The molecule has 4 aromatic rings. The standard InChI is InChI=1S/C34H25N5O6S6/c1-3-38-27(40)20(48-32(38)46)15-21-35-24-22(49-21)23-25(36-31(50-23)37-26-28(41)39(4-2)33(47)51-26)34(24,29(42)44-16-18-11-7-5-8-12-18)30(43)45-17-19-13-9-6-10-14-19/h5-15H,3-4,16-17H2,1-2H3/b20-15-,37-26-. The Labute approximate surface area is 319 Å². The van der Waals surface area contributed by atoms with Gasteiger partial charge in [-0.05, 0) is 42.8 Å². The van der Waals surface area contributed by atoms with Gasteiger partial charge in [-0.3, -0.25) is 19.4 Å². The zero-order valence-electron chi connectivity index (χ0n) is 26.8. The monoisotopic (exact) mass is 791 g/mol. The second-order valence-electron chi connectivity index (χ2n) is 11.0. The minimum atomic E-state index is -2.24. The summed E-state index contributed by atoms with van der Waals surface area (Å²) in [7, 11) is 0. The number of hydrogen-bond acceptors (Lipinski definition) is 15. The highest BCUT2D eigenvalue weighted by Crippen LogP contribution is 2.56. The number of ether oxygens (including phenoxy) is 2. The number of likely N-dealkylation sites (N-methyl/N-ethyl adjacent to an activating group) is 1. The Kier molecular flexibility index (Phi) is 10.0. The second kappa shape index (κ2) is 14.5. The van der Waals surface area contributed by atoms with Crippen molar-refractivity contribution in [2.75, 3.05) is 13.1 Å². The van der Waals surface area contributed by atoms with E-state index in [4.69, 9.17) is 43.9 Å². The summed E-state index contributed by atoms with van der Waals surface area (Å²) >= 11 is 15.2. The van der Waals surface area contributed by atoms with Crippen LogP contribution < -0.4 is 0 Å². The molecular weight excluding hydrogens is 767 g/mol. The normalized spacial score (nSPS) is 17.8. The number of fused-ring (bicyclic) bond motifs is 3. The van der Waals surface area contributed by atoms with Crippen molar-refractivity contribution in [3.05, 3.63) is 93.1 Å². The van der Waals surface area contributed by atoms with Crippen LogP contribution in [0.2, 0.25) is 0 Å². The van der Waals surface area contributed by atoms with Crippen LogP contribution in [0.4, 0.5) is 5.13 Å². The minimum absolute atomic E-state index is 0.0472. The Morgan fingerprint density at radius 2 is 1.31 bits per heavy atom. The SMILES string of the molecule is CCN1C(=O)/C(=C/c2nc3c(s2)-c2sc(/N=C4\SC(=S)N(CC)C4=O)nc2C3(C(=O)OCc2ccccc2)C(=O)OCc2ccccc2)SC1=S. The van der Waals surface area contributed by atoms with E-state index in [1.807, 2.05) is 50.2 Å². The van der Waals surface area contributed by atoms with Crippen molar-refractivity contribution in [3.63, 3.8) is 0 Å². The summed E-state index contributed by atoms with van der Waals surface area (Å²) in [6, 6.07) is 18.1. The number of thioether (sulfide) groups is 2. The predicted molar refractivity (Wildman–Crippen MR) is 207 cm³/mol. The van der Waals surface area contributed by atoms with E-state index in [2.05, 4.69) is 4.99 Å². The molecule has 2 amide bonds. The van der Waals surface area contributed by atoms with Gasteiger partial charge in [-0.1, -0.05) is 108 Å². The molecule has 11 nitrogen and oxygen atoms in total. The zero-order valence-corrected chi connectivity index (χ0v) is 31.7. The van der Waals surface area contributed by atoms with Crippen LogP contribution in [-0.4, -0.2) is 70.3 Å². The van der Waals surface area contributed by atoms with Crippen LogP contribution in [-0.2, 0) is 47.3 Å². The Bertz CT molecular complexity index is 2030. The Morgan fingerprint density at radius 3 is 1.86 bits per heavy atom. The van der Waals surface area contributed by atoms with Crippen LogP contribution in [0.5, 0.6) is 0 Å². The average Bonchev–Trinajstić information content (AvgIpc) is 3.91. The van der Waals surface area contributed by atoms with Crippen LogP contribution in [0.15, 0.2) is 70.6 Å². The molecule has 2 aromatic heterocycles. The summed E-state index contributed by atoms with van der Waals surface area (Å²) in [5.74, 6) is -2.49.